The maximum absolute atomic E-state index is 15.4. The third kappa shape index (κ3) is 4.00. The van der Waals surface area contributed by atoms with E-state index in [0.717, 1.165) is 11.1 Å². The Morgan fingerprint density at radius 1 is 0.719 bits per heavy atom. The molecule has 4 nitrogen and oxygen atoms in total. The Balaban J connectivity index is 1.39. The number of hydrogen-bond acceptors (Lipinski definition) is 3. The molecule has 0 aliphatic carbocycles. The van der Waals surface area contributed by atoms with Crippen LogP contribution in [0.4, 0.5) is 8.78 Å². The second-order valence-corrected chi connectivity index (χ2v) is 7.45. The second kappa shape index (κ2) is 8.69. The first-order valence-electron chi connectivity index (χ1n) is 10.2. The van der Waals surface area contributed by atoms with Crippen LogP contribution in [0.25, 0.3) is 27.8 Å². The Morgan fingerprint density at radius 3 is 2.12 bits per heavy atom. The van der Waals surface area contributed by atoms with Crippen molar-refractivity contribution in [3.8, 4) is 16.8 Å². The molecular formula is C26H19F2N3O. The maximum atomic E-state index is 15.4. The number of halogens is 2. The fraction of sp³-hybridized carbons (Fsp3) is 0.0769. The van der Waals surface area contributed by atoms with Gasteiger partial charge in [-0.25, -0.2) is 13.5 Å². The van der Waals surface area contributed by atoms with E-state index in [-0.39, 0.29) is 11.3 Å². The molecule has 0 bridgehead atoms. The molecule has 158 valence electrons. The van der Waals surface area contributed by atoms with Crippen LogP contribution in [0.15, 0.2) is 91.0 Å². The van der Waals surface area contributed by atoms with E-state index in [4.69, 9.17) is 4.74 Å². The summed E-state index contributed by atoms with van der Waals surface area (Å²) in [4.78, 5) is 0. The first-order chi connectivity index (χ1) is 15.7. The molecule has 0 saturated heterocycles. The standard InChI is InChI=1S/C26H19F2N3O/c27-21-10-8-20(9-11-21)23-14-15-24-26(25(23)28)31(30-29-24)22-12-6-19(7-13-22)17-32-16-18-4-2-1-3-5-18/h1-15H,16-17H2. The van der Waals surface area contributed by atoms with Gasteiger partial charge in [-0.2, -0.15) is 0 Å². The summed E-state index contributed by atoms with van der Waals surface area (Å²) >= 11 is 0. The smallest absolute Gasteiger partial charge is 0.159 e. The van der Waals surface area contributed by atoms with E-state index >= 15 is 4.39 Å². The minimum atomic E-state index is -0.450. The summed E-state index contributed by atoms with van der Waals surface area (Å²) in [6.45, 7) is 1.00. The summed E-state index contributed by atoms with van der Waals surface area (Å²) in [5.41, 5.74) is 4.49. The Morgan fingerprint density at radius 2 is 1.41 bits per heavy atom. The largest absolute Gasteiger partial charge is 0.372 e. The van der Waals surface area contributed by atoms with Gasteiger partial charge in [-0.3, -0.25) is 0 Å². The second-order valence-electron chi connectivity index (χ2n) is 7.45. The summed E-state index contributed by atoms with van der Waals surface area (Å²) < 4.78 is 35.9. The molecule has 0 saturated carbocycles. The van der Waals surface area contributed by atoms with Crippen molar-refractivity contribution in [2.75, 3.05) is 0 Å². The van der Waals surface area contributed by atoms with Crippen molar-refractivity contribution in [2.45, 2.75) is 13.2 Å². The van der Waals surface area contributed by atoms with E-state index in [1.54, 1.807) is 24.3 Å². The molecule has 0 atom stereocenters. The van der Waals surface area contributed by atoms with E-state index in [1.807, 2.05) is 54.6 Å². The minimum absolute atomic E-state index is 0.278. The lowest BCUT2D eigenvalue weighted by atomic mass is 10.0. The van der Waals surface area contributed by atoms with Gasteiger partial charge in [0.2, 0.25) is 0 Å². The Hall–Kier alpha value is -3.90. The van der Waals surface area contributed by atoms with Gasteiger partial charge in [0.05, 0.1) is 18.9 Å². The highest BCUT2D eigenvalue weighted by molar-refractivity contribution is 5.83. The number of nitrogens with zero attached hydrogens (tertiary/aromatic N) is 3. The van der Waals surface area contributed by atoms with Crippen molar-refractivity contribution >= 4 is 11.0 Å². The SMILES string of the molecule is Fc1ccc(-c2ccc3nnn(-c4ccc(COCc5ccccc5)cc4)c3c2F)cc1. The number of fused-ring (bicyclic) bond motifs is 1. The lowest BCUT2D eigenvalue weighted by molar-refractivity contribution is 0.107. The lowest BCUT2D eigenvalue weighted by Gasteiger charge is -2.08. The zero-order valence-electron chi connectivity index (χ0n) is 17.1. The molecular weight excluding hydrogens is 408 g/mol. The molecule has 0 N–H and O–H groups in total. The molecule has 0 aliphatic heterocycles. The molecule has 0 radical (unpaired) electrons. The van der Waals surface area contributed by atoms with Gasteiger partial charge < -0.3 is 4.74 Å². The molecule has 6 heteroatoms. The number of benzene rings is 4. The van der Waals surface area contributed by atoms with Crippen LogP contribution in [0, 0.1) is 11.6 Å². The van der Waals surface area contributed by atoms with Crippen LogP contribution in [0.3, 0.4) is 0 Å². The zero-order chi connectivity index (χ0) is 21.9. The molecule has 0 aliphatic rings. The minimum Gasteiger partial charge on any atom is -0.372 e. The Labute approximate surface area is 183 Å². The van der Waals surface area contributed by atoms with Crippen LogP contribution in [-0.4, -0.2) is 15.0 Å². The predicted octanol–water partition coefficient (Wildman–Crippen LogP) is 6.08. The van der Waals surface area contributed by atoms with Crippen LogP contribution in [0.1, 0.15) is 11.1 Å². The Bertz CT molecular complexity index is 1350. The van der Waals surface area contributed by atoms with E-state index in [2.05, 4.69) is 10.3 Å². The molecule has 1 aromatic heterocycles. The molecule has 0 unspecified atom stereocenters. The van der Waals surface area contributed by atoms with Gasteiger partial charge in [-0.05, 0) is 53.1 Å². The molecule has 5 rings (SSSR count). The summed E-state index contributed by atoms with van der Waals surface area (Å²) in [6, 6.07) is 26.6. The van der Waals surface area contributed by atoms with Crippen LogP contribution >= 0.6 is 0 Å². The van der Waals surface area contributed by atoms with Crippen LogP contribution in [-0.2, 0) is 18.0 Å². The van der Waals surface area contributed by atoms with E-state index in [1.165, 1.54) is 16.8 Å². The summed E-state index contributed by atoms with van der Waals surface area (Å²) in [5, 5.41) is 8.24. The van der Waals surface area contributed by atoms with E-state index in [0.29, 0.717) is 35.5 Å². The topological polar surface area (TPSA) is 39.9 Å². The van der Waals surface area contributed by atoms with E-state index in [9.17, 15) is 4.39 Å². The van der Waals surface area contributed by atoms with Crippen molar-refractivity contribution in [1.29, 1.82) is 0 Å². The third-order valence-corrected chi connectivity index (χ3v) is 5.26. The van der Waals surface area contributed by atoms with Gasteiger partial charge >= 0.3 is 0 Å². The van der Waals surface area contributed by atoms with Crippen LogP contribution in [0.5, 0.6) is 0 Å². The normalized spacial score (nSPS) is 11.2. The van der Waals surface area contributed by atoms with Gasteiger partial charge in [0, 0.05) is 5.56 Å². The number of ether oxygens (including phenoxy) is 1. The number of aromatic nitrogens is 3. The van der Waals surface area contributed by atoms with E-state index < -0.39 is 5.82 Å². The molecule has 0 fully saturated rings. The third-order valence-electron chi connectivity index (χ3n) is 5.26. The number of rotatable bonds is 6. The van der Waals surface area contributed by atoms with Gasteiger partial charge in [-0.1, -0.05) is 59.8 Å². The first kappa shape index (κ1) is 20.0. The highest BCUT2D eigenvalue weighted by Gasteiger charge is 2.16. The molecule has 32 heavy (non-hydrogen) atoms. The van der Waals surface area contributed by atoms with Crippen LogP contribution in [0.2, 0.25) is 0 Å². The van der Waals surface area contributed by atoms with Crippen molar-refractivity contribution in [2.24, 2.45) is 0 Å². The predicted molar refractivity (Wildman–Crippen MR) is 119 cm³/mol. The van der Waals surface area contributed by atoms with Gasteiger partial charge in [0.1, 0.15) is 16.9 Å². The summed E-state index contributed by atoms with van der Waals surface area (Å²) in [5.74, 6) is -0.816. The molecule has 4 aromatic carbocycles. The molecule has 1 heterocycles. The fourth-order valence-corrected chi connectivity index (χ4v) is 3.60. The monoisotopic (exact) mass is 427 g/mol. The highest BCUT2D eigenvalue weighted by Crippen LogP contribution is 2.29. The van der Waals surface area contributed by atoms with Crippen molar-refractivity contribution in [3.63, 3.8) is 0 Å². The maximum Gasteiger partial charge on any atom is 0.159 e. The van der Waals surface area contributed by atoms with Crippen molar-refractivity contribution < 1.29 is 13.5 Å². The first-order valence-corrected chi connectivity index (χ1v) is 10.2. The quantitative estimate of drug-likeness (QED) is 0.330. The fourth-order valence-electron chi connectivity index (χ4n) is 3.60. The Kier molecular flexibility index (Phi) is 5.44. The van der Waals surface area contributed by atoms with Crippen molar-refractivity contribution in [3.05, 3.63) is 114 Å². The average Bonchev–Trinajstić information content (AvgIpc) is 3.26. The number of hydrogen-bond donors (Lipinski definition) is 0. The lowest BCUT2D eigenvalue weighted by Crippen LogP contribution is -2.00. The zero-order valence-corrected chi connectivity index (χ0v) is 17.1. The average molecular weight is 427 g/mol. The van der Waals surface area contributed by atoms with Crippen LogP contribution < -0.4 is 0 Å². The van der Waals surface area contributed by atoms with Gasteiger partial charge in [0.25, 0.3) is 0 Å². The van der Waals surface area contributed by atoms with Gasteiger partial charge in [0.15, 0.2) is 5.82 Å². The molecule has 0 spiro atoms. The summed E-state index contributed by atoms with van der Waals surface area (Å²) in [7, 11) is 0. The highest BCUT2D eigenvalue weighted by atomic mass is 19.1. The molecule has 0 amide bonds. The summed E-state index contributed by atoms with van der Waals surface area (Å²) in [6.07, 6.45) is 0. The van der Waals surface area contributed by atoms with Crippen molar-refractivity contribution in [1.82, 2.24) is 15.0 Å². The molecule has 5 aromatic rings. The van der Waals surface area contributed by atoms with Gasteiger partial charge in [-0.15, -0.1) is 5.10 Å².